The van der Waals surface area contributed by atoms with E-state index in [9.17, 15) is 9.59 Å². The van der Waals surface area contributed by atoms with E-state index in [4.69, 9.17) is 25.3 Å². The first-order valence-corrected chi connectivity index (χ1v) is 10.7. The second-order valence-electron chi connectivity index (χ2n) is 6.56. The third kappa shape index (κ3) is 4.71. The minimum atomic E-state index is -0.377. The Labute approximate surface area is 192 Å². The van der Waals surface area contributed by atoms with Crippen LogP contribution in [0.5, 0.6) is 5.75 Å². The van der Waals surface area contributed by atoms with Crippen LogP contribution in [-0.2, 0) is 9.59 Å². The van der Waals surface area contributed by atoms with Crippen LogP contribution in [-0.4, -0.2) is 35.0 Å². The number of carbonyl (C=O) groups is 2. The Balaban J connectivity index is 1.58. The Hall–Kier alpha value is -3.50. The van der Waals surface area contributed by atoms with Crippen molar-refractivity contribution in [2.75, 3.05) is 23.1 Å². The van der Waals surface area contributed by atoms with Gasteiger partial charge >= 0.3 is 0 Å². The van der Waals surface area contributed by atoms with E-state index >= 15 is 0 Å². The second-order valence-corrected chi connectivity index (χ2v) is 7.91. The van der Waals surface area contributed by atoms with Gasteiger partial charge in [-0.3, -0.25) is 14.5 Å². The van der Waals surface area contributed by atoms with Gasteiger partial charge in [0, 0.05) is 12.1 Å². The summed E-state index contributed by atoms with van der Waals surface area (Å²) in [6.07, 6.45) is 3.04. The van der Waals surface area contributed by atoms with Crippen molar-refractivity contribution in [1.29, 1.82) is 0 Å². The van der Waals surface area contributed by atoms with Crippen LogP contribution in [0.4, 0.5) is 11.5 Å². The average molecular weight is 473 g/mol. The molecule has 3 aromatic rings. The summed E-state index contributed by atoms with van der Waals surface area (Å²) in [5.41, 5.74) is 0.657. The lowest BCUT2D eigenvalue weighted by Gasteiger charge is -2.18. The third-order valence-electron chi connectivity index (χ3n) is 4.27. The number of aromatic nitrogens is 1. The fourth-order valence-corrected chi connectivity index (χ4v) is 3.92. The molecule has 9 nitrogen and oxygen atoms in total. The minimum absolute atomic E-state index is 0.00750. The van der Waals surface area contributed by atoms with Gasteiger partial charge in [-0.25, -0.2) is 4.99 Å². The van der Waals surface area contributed by atoms with Gasteiger partial charge in [0.05, 0.1) is 29.8 Å². The summed E-state index contributed by atoms with van der Waals surface area (Å²) in [6, 6.07) is 9.97. The number of aliphatic imine (C=N–C) groups is 1. The molecule has 1 aliphatic rings. The lowest BCUT2D eigenvalue weighted by atomic mass is 10.2. The molecule has 0 bridgehead atoms. The molecule has 0 atom stereocenters. The van der Waals surface area contributed by atoms with Crippen LogP contribution in [0, 0.1) is 6.92 Å². The van der Waals surface area contributed by atoms with E-state index in [-0.39, 0.29) is 23.3 Å². The van der Waals surface area contributed by atoms with E-state index < -0.39 is 0 Å². The first-order valence-electron chi connectivity index (χ1n) is 9.32. The number of nitrogens with one attached hydrogen (secondary N) is 1. The molecule has 2 aromatic heterocycles. The molecule has 1 aromatic carbocycles. The summed E-state index contributed by atoms with van der Waals surface area (Å²) in [7, 11) is 1.50. The van der Waals surface area contributed by atoms with Gasteiger partial charge in [-0.05, 0) is 37.3 Å². The maximum Gasteiger partial charge on any atom is 0.283 e. The Kier molecular flexibility index (Phi) is 6.33. The van der Waals surface area contributed by atoms with Crippen LogP contribution in [0.1, 0.15) is 11.5 Å². The van der Waals surface area contributed by atoms with Gasteiger partial charge in [0.1, 0.15) is 23.0 Å². The molecule has 2 amide bonds. The van der Waals surface area contributed by atoms with Crippen molar-refractivity contribution >= 4 is 57.9 Å². The number of furan rings is 1. The van der Waals surface area contributed by atoms with Crippen molar-refractivity contribution in [2.45, 2.75) is 6.92 Å². The van der Waals surface area contributed by atoms with Gasteiger partial charge in [0.25, 0.3) is 5.91 Å². The largest absolute Gasteiger partial charge is 0.495 e. The number of rotatable bonds is 6. The topological polar surface area (TPSA) is 110 Å². The Morgan fingerprint density at radius 1 is 1.34 bits per heavy atom. The fraction of sp³-hybridized carbons (Fsp3) is 0.143. The van der Waals surface area contributed by atoms with Crippen molar-refractivity contribution in [1.82, 2.24) is 5.16 Å². The zero-order chi connectivity index (χ0) is 22.7. The number of ether oxygens (including phenoxy) is 1. The van der Waals surface area contributed by atoms with Crippen LogP contribution < -0.4 is 15.0 Å². The third-order valence-corrected chi connectivity index (χ3v) is 5.51. The number of aryl methyl sites for hydroxylation is 1. The molecular formula is C21H17ClN4O5S. The number of benzene rings is 1. The van der Waals surface area contributed by atoms with Crippen molar-refractivity contribution in [2.24, 2.45) is 4.99 Å². The summed E-state index contributed by atoms with van der Waals surface area (Å²) < 4.78 is 15.4. The lowest BCUT2D eigenvalue weighted by molar-refractivity contribution is -0.114. The molecule has 0 aliphatic carbocycles. The zero-order valence-corrected chi connectivity index (χ0v) is 18.6. The van der Waals surface area contributed by atoms with Crippen LogP contribution in [0.3, 0.4) is 0 Å². The lowest BCUT2D eigenvalue weighted by Crippen LogP contribution is -2.31. The molecule has 11 heteroatoms. The minimum Gasteiger partial charge on any atom is -0.495 e. The molecule has 1 N–H and O–H groups in total. The predicted molar refractivity (Wildman–Crippen MR) is 122 cm³/mol. The zero-order valence-electron chi connectivity index (χ0n) is 17.0. The Morgan fingerprint density at radius 3 is 2.84 bits per heavy atom. The van der Waals surface area contributed by atoms with Gasteiger partial charge in [0.2, 0.25) is 5.91 Å². The van der Waals surface area contributed by atoms with Crippen molar-refractivity contribution < 1.29 is 23.3 Å². The highest BCUT2D eigenvalue weighted by molar-refractivity contribution is 8.14. The van der Waals surface area contributed by atoms with E-state index in [0.717, 1.165) is 11.8 Å². The molecule has 32 heavy (non-hydrogen) atoms. The summed E-state index contributed by atoms with van der Waals surface area (Å²) in [5.74, 6) is 1.14. The summed E-state index contributed by atoms with van der Waals surface area (Å²) in [5, 5.41) is 7.02. The number of hydrogen-bond acceptors (Lipinski definition) is 8. The van der Waals surface area contributed by atoms with Gasteiger partial charge in [0.15, 0.2) is 11.0 Å². The van der Waals surface area contributed by atoms with Gasteiger partial charge in [-0.2, -0.15) is 0 Å². The van der Waals surface area contributed by atoms with E-state index in [1.807, 2.05) is 0 Å². The molecule has 0 radical (unpaired) electrons. The number of halogens is 1. The van der Waals surface area contributed by atoms with Crippen molar-refractivity contribution in [3.8, 4) is 5.75 Å². The van der Waals surface area contributed by atoms with Crippen molar-refractivity contribution in [3.63, 3.8) is 0 Å². The average Bonchev–Trinajstić information content (AvgIpc) is 3.49. The highest BCUT2D eigenvalue weighted by Gasteiger charge is 2.33. The SMILES string of the molecule is COc1ccc(N2C(=O)/C(=C/c3ccco3)N=C2SCC(=O)Nc2cc(C)on2)cc1Cl. The smallest absolute Gasteiger partial charge is 0.283 e. The number of amides is 2. The second kappa shape index (κ2) is 9.33. The fourth-order valence-electron chi connectivity index (χ4n) is 2.86. The summed E-state index contributed by atoms with van der Waals surface area (Å²) in [6.45, 7) is 1.72. The highest BCUT2D eigenvalue weighted by Crippen LogP contribution is 2.34. The first kappa shape index (κ1) is 21.7. The maximum absolute atomic E-state index is 13.1. The number of amidine groups is 1. The van der Waals surface area contributed by atoms with Gasteiger partial charge in [-0.1, -0.05) is 28.5 Å². The monoisotopic (exact) mass is 472 g/mol. The van der Waals surface area contributed by atoms with Crippen LogP contribution in [0.25, 0.3) is 6.08 Å². The van der Waals surface area contributed by atoms with Crippen LogP contribution in [0.2, 0.25) is 5.02 Å². The van der Waals surface area contributed by atoms with E-state index in [2.05, 4.69) is 15.5 Å². The number of carbonyl (C=O) groups excluding carboxylic acids is 2. The molecule has 0 saturated carbocycles. The van der Waals surface area contributed by atoms with Gasteiger partial charge in [-0.15, -0.1) is 0 Å². The first-order chi connectivity index (χ1) is 15.4. The van der Waals surface area contributed by atoms with Gasteiger partial charge < -0.3 is 19.0 Å². The number of hydrogen-bond donors (Lipinski definition) is 1. The Bertz CT molecular complexity index is 1220. The van der Waals surface area contributed by atoms with Crippen LogP contribution >= 0.6 is 23.4 Å². The number of methoxy groups -OCH3 is 1. The molecule has 3 heterocycles. The Morgan fingerprint density at radius 2 is 2.19 bits per heavy atom. The van der Waals surface area contributed by atoms with Crippen molar-refractivity contribution in [3.05, 3.63) is 64.9 Å². The standard InChI is InChI=1S/C21H17ClN4O5S/c1-12-8-18(25-31-12)24-19(27)11-32-21-23-16(10-14-4-3-7-30-14)20(28)26(21)13-5-6-17(29-2)15(22)9-13/h3-10H,11H2,1-2H3,(H,24,25,27)/b16-10-. The van der Waals surface area contributed by atoms with Crippen LogP contribution in [0.15, 0.2) is 62.3 Å². The maximum atomic E-state index is 13.1. The normalized spacial score (nSPS) is 14.7. The molecule has 1 aliphatic heterocycles. The molecule has 0 spiro atoms. The molecular weight excluding hydrogens is 456 g/mol. The highest BCUT2D eigenvalue weighted by atomic mass is 35.5. The van der Waals surface area contributed by atoms with E-state index in [0.29, 0.717) is 39.0 Å². The number of anilines is 2. The van der Waals surface area contributed by atoms with E-state index in [1.165, 1.54) is 24.3 Å². The quantitative estimate of drug-likeness (QED) is 0.531. The van der Waals surface area contributed by atoms with E-state index in [1.54, 1.807) is 43.3 Å². The number of thioether (sulfide) groups is 1. The molecule has 4 rings (SSSR count). The molecule has 0 fully saturated rings. The summed E-state index contributed by atoms with van der Waals surface area (Å²) >= 11 is 7.35. The predicted octanol–water partition coefficient (Wildman–Crippen LogP) is 4.35. The molecule has 0 saturated heterocycles. The summed E-state index contributed by atoms with van der Waals surface area (Å²) in [4.78, 5) is 31.3. The molecule has 0 unspecified atom stereocenters. The molecule has 164 valence electrons. The number of nitrogens with zero attached hydrogens (tertiary/aromatic N) is 3.